The largest absolute Gasteiger partial charge is 0.329 e. The lowest BCUT2D eigenvalue weighted by molar-refractivity contribution is 0.499. The summed E-state index contributed by atoms with van der Waals surface area (Å²) in [5.41, 5.74) is -0.519. The summed E-state index contributed by atoms with van der Waals surface area (Å²) in [7, 11) is 0. The number of hydrogen-bond acceptors (Lipinski definition) is 6. The number of aromatic nitrogens is 2. The lowest BCUT2D eigenvalue weighted by Crippen LogP contribution is -2.31. The Balaban J connectivity index is 1.35. The first-order chi connectivity index (χ1) is 16.5. The number of H-pyrrole nitrogens is 1. The van der Waals surface area contributed by atoms with Gasteiger partial charge in [0.15, 0.2) is 0 Å². The van der Waals surface area contributed by atoms with E-state index in [1.807, 2.05) is 0 Å². The molecule has 0 aromatic carbocycles. The van der Waals surface area contributed by atoms with Crippen molar-refractivity contribution in [2.75, 3.05) is 0 Å². The third kappa shape index (κ3) is 8.31. The van der Waals surface area contributed by atoms with Gasteiger partial charge in [-0.2, -0.15) is 0 Å². The summed E-state index contributed by atoms with van der Waals surface area (Å²) in [5.74, 6) is 0. The fourth-order valence-corrected chi connectivity index (χ4v) is 9.62. The first-order valence-electron chi connectivity index (χ1n) is 13.0. The van der Waals surface area contributed by atoms with E-state index in [0.717, 1.165) is 22.1 Å². The number of hydrogen-bond donors (Lipinski definition) is 1. The zero-order valence-electron chi connectivity index (χ0n) is 21.0. The van der Waals surface area contributed by atoms with Gasteiger partial charge < -0.3 is 0 Å². The second-order valence-electron chi connectivity index (χ2n) is 9.24. The molecule has 0 amide bonds. The van der Waals surface area contributed by atoms with Crippen LogP contribution in [-0.4, -0.2) is 9.55 Å². The van der Waals surface area contributed by atoms with Crippen molar-refractivity contribution >= 4 is 47.0 Å². The molecule has 8 heteroatoms. The molecule has 0 unspecified atom stereocenters. The van der Waals surface area contributed by atoms with Gasteiger partial charge in [-0.3, -0.25) is 14.3 Å². The number of thioether (sulfide) groups is 4. The Labute approximate surface area is 222 Å². The molecular weight excluding hydrogens is 501 g/mol. The Morgan fingerprint density at radius 1 is 0.647 bits per heavy atom. The molecule has 0 aliphatic carbocycles. The van der Waals surface area contributed by atoms with Crippen LogP contribution in [-0.2, 0) is 6.54 Å². The van der Waals surface area contributed by atoms with Crippen LogP contribution in [0.1, 0.15) is 111 Å². The summed E-state index contributed by atoms with van der Waals surface area (Å²) < 4.78 is 4.16. The number of nitrogens with zero attached hydrogens (tertiary/aromatic N) is 1. The van der Waals surface area contributed by atoms with E-state index in [-0.39, 0.29) is 11.2 Å². The maximum Gasteiger partial charge on any atom is 0.329 e. The Morgan fingerprint density at radius 3 is 1.65 bits per heavy atom. The highest BCUT2D eigenvalue weighted by molar-refractivity contribution is 8.32. The molecule has 1 aromatic rings. The molecule has 1 N–H and O–H groups in total. The molecule has 2 aliphatic rings. The van der Waals surface area contributed by atoms with Crippen molar-refractivity contribution in [2.45, 2.75) is 127 Å². The van der Waals surface area contributed by atoms with Gasteiger partial charge >= 0.3 is 5.69 Å². The van der Waals surface area contributed by atoms with Crippen LogP contribution in [0.3, 0.4) is 0 Å². The van der Waals surface area contributed by atoms with Crippen molar-refractivity contribution < 1.29 is 0 Å². The number of fused-ring (bicyclic) bond motifs is 1. The van der Waals surface area contributed by atoms with Gasteiger partial charge in [-0.15, -0.1) is 0 Å². The SMILES string of the molecule is CCCCCCCCCCCCCCCCn1c2c(c(=O)[nH]c1=O)SC(=C1SC(C)=C(C)S1)S2. The Bertz CT molecular complexity index is 977. The quantitative estimate of drug-likeness (QED) is 0.177. The zero-order chi connectivity index (χ0) is 24.3. The topological polar surface area (TPSA) is 54.9 Å². The second kappa shape index (κ2) is 15.0. The highest BCUT2D eigenvalue weighted by Gasteiger charge is 2.30. The average Bonchev–Trinajstić information content (AvgIpc) is 3.40. The number of unbranched alkanes of at least 4 members (excludes halogenated alkanes) is 13. The normalized spacial score (nSPS) is 15.6. The van der Waals surface area contributed by atoms with E-state index in [4.69, 9.17) is 0 Å². The van der Waals surface area contributed by atoms with Gasteiger partial charge in [-0.25, -0.2) is 4.79 Å². The number of rotatable bonds is 15. The van der Waals surface area contributed by atoms with Crippen molar-refractivity contribution in [1.82, 2.24) is 9.55 Å². The molecule has 1 aromatic heterocycles. The second-order valence-corrected chi connectivity index (χ2v) is 14.2. The van der Waals surface area contributed by atoms with E-state index in [1.54, 1.807) is 39.9 Å². The van der Waals surface area contributed by atoms with Crippen LogP contribution in [0.2, 0.25) is 0 Å². The molecule has 2 aliphatic heterocycles. The van der Waals surface area contributed by atoms with Crippen LogP contribution < -0.4 is 11.2 Å². The minimum atomic E-state index is -0.269. The standard InChI is InChI=1S/C26H40N2O2S4/c1-4-5-6-7-8-9-10-11-12-13-14-15-16-17-18-28-23-21(22(29)27-26(28)30)33-25(34-23)24-31-19(2)20(3)32-24/h4-18H2,1-3H3,(H,27,29,30). The molecule has 0 spiro atoms. The first kappa shape index (κ1) is 28.1. The van der Waals surface area contributed by atoms with Crippen molar-refractivity contribution in [3.63, 3.8) is 0 Å². The van der Waals surface area contributed by atoms with Gasteiger partial charge in [0.05, 0.1) is 8.47 Å². The van der Waals surface area contributed by atoms with Crippen LogP contribution in [0.25, 0.3) is 0 Å². The van der Waals surface area contributed by atoms with Gasteiger partial charge in [-0.1, -0.05) is 137 Å². The average molecular weight is 541 g/mol. The molecule has 190 valence electrons. The van der Waals surface area contributed by atoms with Crippen LogP contribution in [0.4, 0.5) is 0 Å². The molecule has 3 rings (SSSR count). The van der Waals surface area contributed by atoms with Crippen molar-refractivity contribution in [3.8, 4) is 0 Å². The highest BCUT2D eigenvalue weighted by atomic mass is 32.2. The molecule has 4 nitrogen and oxygen atoms in total. The van der Waals surface area contributed by atoms with E-state index in [0.29, 0.717) is 11.4 Å². The summed E-state index contributed by atoms with van der Waals surface area (Å²) in [5, 5.41) is 0.833. The number of aromatic amines is 1. The van der Waals surface area contributed by atoms with Crippen LogP contribution >= 0.6 is 47.0 Å². The maximum atomic E-state index is 12.5. The molecule has 0 radical (unpaired) electrons. The fraction of sp³-hybridized carbons (Fsp3) is 0.692. The Kier molecular flexibility index (Phi) is 12.4. The van der Waals surface area contributed by atoms with Gasteiger partial charge in [0, 0.05) is 6.54 Å². The third-order valence-electron chi connectivity index (χ3n) is 6.38. The van der Waals surface area contributed by atoms with E-state index < -0.39 is 0 Å². The first-order valence-corrected chi connectivity index (χ1v) is 16.3. The van der Waals surface area contributed by atoms with Crippen molar-refractivity contribution in [2.24, 2.45) is 0 Å². The zero-order valence-corrected chi connectivity index (χ0v) is 24.3. The predicted molar refractivity (Wildman–Crippen MR) is 154 cm³/mol. The molecule has 0 saturated carbocycles. The smallest absolute Gasteiger partial charge is 0.287 e. The van der Waals surface area contributed by atoms with Gasteiger partial charge in [0.1, 0.15) is 9.92 Å². The van der Waals surface area contributed by atoms with E-state index in [2.05, 4.69) is 25.8 Å². The summed E-state index contributed by atoms with van der Waals surface area (Å²) in [4.78, 5) is 30.8. The minimum Gasteiger partial charge on any atom is -0.287 e. The molecule has 34 heavy (non-hydrogen) atoms. The monoisotopic (exact) mass is 540 g/mol. The highest BCUT2D eigenvalue weighted by Crippen LogP contribution is 2.59. The molecule has 0 atom stereocenters. The van der Waals surface area contributed by atoms with Crippen LogP contribution in [0.15, 0.2) is 37.8 Å². The minimum absolute atomic E-state index is 0.250. The Morgan fingerprint density at radius 2 is 1.12 bits per heavy atom. The fourth-order valence-electron chi connectivity index (χ4n) is 4.20. The number of allylic oxidation sites excluding steroid dienone is 2. The molecule has 3 heterocycles. The molecule has 0 saturated heterocycles. The predicted octanol–water partition coefficient (Wildman–Crippen LogP) is 9.07. The van der Waals surface area contributed by atoms with E-state index in [9.17, 15) is 9.59 Å². The van der Waals surface area contributed by atoms with Gasteiger partial charge in [-0.05, 0) is 30.1 Å². The van der Waals surface area contributed by atoms with Gasteiger partial charge in [0.25, 0.3) is 5.56 Å². The van der Waals surface area contributed by atoms with Crippen molar-refractivity contribution in [3.05, 3.63) is 39.1 Å². The van der Waals surface area contributed by atoms with E-state index >= 15 is 0 Å². The number of nitrogens with one attached hydrogen (secondary N) is 1. The molecular formula is C26H40N2O2S4. The maximum absolute atomic E-state index is 12.5. The van der Waals surface area contributed by atoms with Crippen molar-refractivity contribution in [1.29, 1.82) is 0 Å². The third-order valence-corrected chi connectivity index (χ3v) is 12.1. The summed E-state index contributed by atoms with van der Waals surface area (Å²) in [6, 6.07) is 0. The van der Waals surface area contributed by atoms with Crippen LogP contribution in [0, 0.1) is 0 Å². The lowest BCUT2D eigenvalue weighted by Gasteiger charge is -2.09. The van der Waals surface area contributed by atoms with Gasteiger partial charge in [0.2, 0.25) is 0 Å². The van der Waals surface area contributed by atoms with Crippen LogP contribution in [0.5, 0.6) is 0 Å². The summed E-state index contributed by atoms with van der Waals surface area (Å²) in [6.07, 6.45) is 18.5. The molecule has 0 bridgehead atoms. The molecule has 0 fully saturated rings. The lowest BCUT2D eigenvalue weighted by atomic mass is 10.0. The Hall–Kier alpha value is -0.440. The van der Waals surface area contributed by atoms with E-state index in [1.165, 1.54) is 103 Å². The summed E-state index contributed by atoms with van der Waals surface area (Å²) in [6.45, 7) is 7.23. The summed E-state index contributed by atoms with van der Waals surface area (Å²) >= 11 is 6.67.